The molecule has 1 heterocycles. The highest BCUT2D eigenvalue weighted by Gasteiger charge is 2.10. The molecule has 2 nitrogen and oxygen atoms in total. The molecule has 3 rings (SSSR count). The molecule has 106 valence electrons. The maximum Gasteiger partial charge on any atom is 0.161 e. The van der Waals surface area contributed by atoms with Crippen LogP contribution in [0.3, 0.4) is 0 Å². The average molecular weight is 297 g/mol. The van der Waals surface area contributed by atoms with E-state index in [1.165, 1.54) is 11.1 Å². The van der Waals surface area contributed by atoms with Crippen molar-refractivity contribution in [2.45, 2.75) is 27.2 Å². The lowest BCUT2D eigenvalue weighted by molar-refractivity contribution is 1.14. The number of halogens is 1. The number of rotatable bonds is 2. The Morgan fingerprint density at radius 3 is 2.57 bits per heavy atom. The van der Waals surface area contributed by atoms with Gasteiger partial charge in [0.25, 0.3) is 0 Å². The first kappa shape index (κ1) is 14.0. The van der Waals surface area contributed by atoms with Crippen molar-refractivity contribution in [3.63, 3.8) is 0 Å². The first-order valence-corrected chi connectivity index (χ1v) is 7.50. The van der Waals surface area contributed by atoms with Crippen LogP contribution in [0.5, 0.6) is 0 Å². The Kier molecular flexibility index (Phi) is 3.64. The molecule has 0 bridgehead atoms. The van der Waals surface area contributed by atoms with Crippen molar-refractivity contribution >= 4 is 22.5 Å². The van der Waals surface area contributed by atoms with Crippen LogP contribution in [0.25, 0.3) is 22.3 Å². The number of nitrogens with zero attached hydrogens (tertiary/aromatic N) is 2. The lowest BCUT2D eigenvalue weighted by atomic mass is 10.0. The Morgan fingerprint density at radius 1 is 1.00 bits per heavy atom. The van der Waals surface area contributed by atoms with E-state index < -0.39 is 0 Å². The van der Waals surface area contributed by atoms with Crippen LogP contribution in [0.1, 0.15) is 23.6 Å². The topological polar surface area (TPSA) is 25.8 Å². The summed E-state index contributed by atoms with van der Waals surface area (Å²) < 4.78 is 0. The molecule has 0 saturated carbocycles. The van der Waals surface area contributed by atoms with Gasteiger partial charge in [0.15, 0.2) is 5.82 Å². The molecular formula is C18H17ClN2. The Labute approximate surface area is 129 Å². The molecule has 2 aromatic carbocycles. The zero-order valence-corrected chi connectivity index (χ0v) is 13.2. The van der Waals surface area contributed by atoms with E-state index in [0.717, 1.165) is 28.5 Å². The minimum Gasteiger partial charge on any atom is -0.228 e. The molecule has 3 heteroatoms. The van der Waals surface area contributed by atoms with Gasteiger partial charge >= 0.3 is 0 Å². The third kappa shape index (κ3) is 2.64. The fourth-order valence-corrected chi connectivity index (χ4v) is 2.69. The monoisotopic (exact) mass is 296 g/mol. The molecule has 0 fully saturated rings. The highest BCUT2D eigenvalue weighted by molar-refractivity contribution is 6.34. The molecule has 0 saturated heterocycles. The predicted molar refractivity (Wildman–Crippen MR) is 88.8 cm³/mol. The smallest absolute Gasteiger partial charge is 0.161 e. The summed E-state index contributed by atoms with van der Waals surface area (Å²) in [7, 11) is 0. The summed E-state index contributed by atoms with van der Waals surface area (Å²) in [6.45, 7) is 6.26. The lowest BCUT2D eigenvalue weighted by Crippen LogP contribution is -1.95. The lowest BCUT2D eigenvalue weighted by Gasteiger charge is -2.09. The quantitative estimate of drug-likeness (QED) is 0.613. The molecule has 0 spiro atoms. The maximum atomic E-state index is 6.38. The third-order valence-electron chi connectivity index (χ3n) is 3.76. The van der Waals surface area contributed by atoms with Crippen LogP contribution in [0.15, 0.2) is 36.4 Å². The maximum absolute atomic E-state index is 6.38. The summed E-state index contributed by atoms with van der Waals surface area (Å²) in [6, 6.07) is 12.5. The van der Waals surface area contributed by atoms with Gasteiger partial charge in [-0.25, -0.2) is 9.97 Å². The van der Waals surface area contributed by atoms with Gasteiger partial charge in [-0.2, -0.15) is 0 Å². The van der Waals surface area contributed by atoms with E-state index in [2.05, 4.69) is 61.1 Å². The van der Waals surface area contributed by atoms with Crippen molar-refractivity contribution in [2.24, 2.45) is 0 Å². The molecule has 0 radical (unpaired) electrons. The van der Waals surface area contributed by atoms with E-state index in [-0.39, 0.29) is 0 Å². The number of fused-ring (bicyclic) bond motifs is 1. The fourth-order valence-electron chi connectivity index (χ4n) is 2.46. The number of hydrogen-bond acceptors (Lipinski definition) is 2. The normalized spacial score (nSPS) is 11.0. The Hall–Kier alpha value is -1.93. The number of hydrogen-bond donors (Lipinski definition) is 0. The third-order valence-corrected chi connectivity index (χ3v) is 4.04. The van der Waals surface area contributed by atoms with Gasteiger partial charge in [0, 0.05) is 10.9 Å². The molecule has 1 aromatic heterocycles. The summed E-state index contributed by atoms with van der Waals surface area (Å²) >= 11 is 6.38. The van der Waals surface area contributed by atoms with Crippen LogP contribution in [0, 0.1) is 13.8 Å². The highest BCUT2D eigenvalue weighted by atomic mass is 35.5. The average Bonchev–Trinajstić information content (AvgIpc) is 2.49. The van der Waals surface area contributed by atoms with Crippen LogP contribution < -0.4 is 0 Å². The Bertz CT molecular complexity index is 825. The van der Waals surface area contributed by atoms with Crippen molar-refractivity contribution in [1.82, 2.24) is 9.97 Å². The van der Waals surface area contributed by atoms with Crippen molar-refractivity contribution in [1.29, 1.82) is 0 Å². The molecular weight excluding hydrogens is 280 g/mol. The van der Waals surface area contributed by atoms with Crippen LogP contribution in [-0.4, -0.2) is 9.97 Å². The first-order valence-electron chi connectivity index (χ1n) is 7.12. The van der Waals surface area contributed by atoms with Crippen LogP contribution in [0.4, 0.5) is 0 Å². The highest BCUT2D eigenvalue weighted by Crippen LogP contribution is 2.28. The summed E-state index contributed by atoms with van der Waals surface area (Å²) in [5, 5.41) is 1.44. The molecule has 0 aliphatic rings. The van der Waals surface area contributed by atoms with Crippen molar-refractivity contribution in [3.05, 3.63) is 58.2 Å². The van der Waals surface area contributed by atoms with Crippen molar-refractivity contribution < 1.29 is 0 Å². The van der Waals surface area contributed by atoms with Crippen LogP contribution in [0.2, 0.25) is 5.15 Å². The van der Waals surface area contributed by atoms with Crippen molar-refractivity contribution in [2.75, 3.05) is 0 Å². The van der Waals surface area contributed by atoms with Gasteiger partial charge < -0.3 is 0 Å². The van der Waals surface area contributed by atoms with E-state index in [1.807, 2.05) is 6.07 Å². The fraction of sp³-hybridized carbons (Fsp3) is 0.222. The van der Waals surface area contributed by atoms with Crippen LogP contribution >= 0.6 is 11.6 Å². The Balaban J connectivity index is 2.23. The first-order chi connectivity index (χ1) is 10.1. The summed E-state index contributed by atoms with van der Waals surface area (Å²) in [5.41, 5.74) is 5.52. The second-order valence-electron chi connectivity index (χ2n) is 5.36. The largest absolute Gasteiger partial charge is 0.228 e. The second-order valence-corrected chi connectivity index (χ2v) is 5.72. The zero-order chi connectivity index (χ0) is 15.0. The van der Waals surface area contributed by atoms with E-state index in [4.69, 9.17) is 11.6 Å². The molecule has 0 N–H and O–H groups in total. The summed E-state index contributed by atoms with van der Waals surface area (Å²) in [6.07, 6.45) is 0.977. The zero-order valence-electron chi connectivity index (χ0n) is 12.4. The Morgan fingerprint density at radius 2 is 1.81 bits per heavy atom. The molecule has 21 heavy (non-hydrogen) atoms. The minimum absolute atomic E-state index is 0.520. The molecule has 0 atom stereocenters. The van der Waals surface area contributed by atoms with Gasteiger partial charge in [0.05, 0.1) is 5.52 Å². The van der Waals surface area contributed by atoms with Crippen LogP contribution in [-0.2, 0) is 6.42 Å². The summed E-state index contributed by atoms with van der Waals surface area (Å²) in [5.74, 6) is 0.693. The van der Waals surface area contributed by atoms with Crippen molar-refractivity contribution in [3.8, 4) is 11.4 Å². The molecule has 0 amide bonds. The van der Waals surface area contributed by atoms with Gasteiger partial charge in [-0.1, -0.05) is 42.3 Å². The molecule has 0 aliphatic carbocycles. The van der Waals surface area contributed by atoms with E-state index in [9.17, 15) is 0 Å². The summed E-state index contributed by atoms with van der Waals surface area (Å²) in [4.78, 5) is 9.19. The number of aromatic nitrogens is 2. The standard InChI is InChI=1S/C18H17ClN2/c1-4-13-7-8-16-15(10-13)17(19)21-18(20-16)14-9-11(2)5-6-12(14)3/h5-10H,4H2,1-3H3. The van der Waals surface area contributed by atoms with Gasteiger partial charge in [-0.15, -0.1) is 0 Å². The van der Waals surface area contributed by atoms with Gasteiger partial charge in [0.2, 0.25) is 0 Å². The molecule has 0 unspecified atom stereocenters. The molecule has 0 aliphatic heterocycles. The van der Waals surface area contributed by atoms with Gasteiger partial charge in [-0.05, 0) is 49.6 Å². The predicted octanol–water partition coefficient (Wildman–Crippen LogP) is 5.13. The number of benzene rings is 2. The molecule has 3 aromatic rings. The van der Waals surface area contributed by atoms with E-state index in [0.29, 0.717) is 11.0 Å². The van der Waals surface area contributed by atoms with E-state index in [1.54, 1.807) is 0 Å². The number of aryl methyl sites for hydroxylation is 3. The van der Waals surface area contributed by atoms with Gasteiger partial charge in [-0.3, -0.25) is 0 Å². The van der Waals surface area contributed by atoms with E-state index >= 15 is 0 Å². The van der Waals surface area contributed by atoms with Gasteiger partial charge in [0.1, 0.15) is 5.15 Å². The minimum atomic E-state index is 0.520. The second kappa shape index (κ2) is 5.45. The SMILES string of the molecule is CCc1ccc2nc(-c3cc(C)ccc3C)nc(Cl)c2c1.